The van der Waals surface area contributed by atoms with Crippen molar-refractivity contribution in [1.82, 2.24) is 0 Å². The second-order valence-electron chi connectivity index (χ2n) is 6.95. The minimum absolute atomic E-state index is 0.123. The lowest BCUT2D eigenvalue weighted by Crippen LogP contribution is -2.44. The largest absolute Gasteiger partial charge is 0.392 e. The van der Waals surface area contributed by atoms with Crippen LogP contribution in [-0.2, 0) is 10.8 Å². The Morgan fingerprint density at radius 2 is 1.68 bits per heavy atom. The van der Waals surface area contributed by atoms with Crippen LogP contribution in [0.1, 0.15) is 63.1 Å². The lowest BCUT2D eigenvalue weighted by Gasteiger charge is -2.52. The van der Waals surface area contributed by atoms with E-state index in [9.17, 15) is 0 Å². The summed E-state index contributed by atoms with van der Waals surface area (Å²) in [5.41, 5.74) is 6.37. The predicted molar refractivity (Wildman–Crippen MR) is 80.4 cm³/mol. The second kappa shape index (κ2) is 4.21. The van der Waals surface area contributed by atoms with Crippen LogP contribution in [-0.4, -0.2) is 11.7 Å². The van der Waals surface area contributed by atoms with E-state index in [1.54, 1.807) is 11.1 Å². The highest BCUT2D eigenvalue weighted by molar-refractivity contribution is 5.66. The Balaban J connectivity index is 2.13. The fourth-order valence-corrected chi connectivity index (χ4v) is 3.96. The smallest absolute Gasteiger partial charge is 0.0618 e. The molecule has 1 saturated carbocycles. The average Bonchev–Trinajstić information content (AvgIpc) is 2.41. The summed E-state index contributed by atoms with van der Waals surface area (Å²) in [6.45, 7) is 7.07. The Bertz CT molecular complexity index is 531. The number of hydrogen-bond acceptors (Lipinski definition) is 1. The van der Waals surface area contributed by atoms with E-state index in [4.69, 9.17) is 5.11 Å². The quantitative estimate of drug-likeness (QED) is 0.841. The van der Waals surface area contributed by atoms with Gasteiger partial charge in [-0.05, 0) is 65.7 Å². The number of aliphatic hydroxyl groups is 1. The summed E-state index contributed by atoms with van der Waals surface area (Å²) in [5.74, 6) is 0. The fourth-order valence-electron chi connectivity index (χ4n) is 3.96. The zero-order chi connectivity index (χ0) is 13.7. The number of hydrogen-bond donors (Lipinski definition) is 1. The lowest BCUT2D eigenvalue weighted by molar-refractivity contribution is 0.187. The van der Waals surface area contributed by atoms with Gasteiger partial charge in [0.1, 0.15) is 0 Å². The molecule has 0 heterocycles. The van der Waals surface area contributed by atoms with Crippen molar-refractivity contribution in [2.24, 2.45) is 0 Å². The molecule has 4 rings (SSSR count). The van der Waals surface area contributed by atoms with Crippen molar-refractivity contribution in [2.75, 3.05) is 6.61 Å². The Kier molecular flexibility index (Phi) is 2.86. The van der Waals surface area contributed by atoms with E-state index in [-0.39, 0.29) is 6.61 Å². The Morgan fingerprint density at radius 3 is 2.26 bits per heavy atom. The maximum atomic E-state index is 9.06. The third-order valence-corrected chi connectivity index (χ3v) is 5.63. The Morgan fingerprint density at radius 1 is 1.11 bits per heavy atom. The summed E-state index contributed by atoms with van der Waals surface area (Å²) in [7, 11) is 0. The molecular weight excluding hydrogens is 232 g/mol. The molecule has 1 N–H and O–H groups in total. The molecule has 1 aromatic carbocycles. The molecule has 1 nitrogen and oxygen atoms in total. The van der Waals surface area contributed by atoms with E-state index < -0.39 is 0 Å². The van der Waals surface area contributed by atoms with Gasteiger partial charge in [-0.15, -0.1) is 0 Å². The highest BCUT2D eigenvalue weighted by Crippen LogP contribution is 2.56. The first-order valence-electron chi connectivity index (χ1n) is 7.42. The first kappa shape index (κ1) is 12.9. The third kappa shape index (κ3) is 1.87. The minimum atomic E-state index is 0.123. The van der Waals surface area contributed by atoms with Gasteiger partial charge in [-0.25, -0.2) is 0 Å². The number of benzene rings is 1. The molecule has 3 aliphatic carbocycles. The summed E-state index contributed by atoms with van der Waals surface area (Å²) in [4.78, 5) is 0. The maximum Gasteiger partial charge on any atom is 0.0618 e. The van der Waals surface area contributed by atoms with Crippen molar-refractivity contribution in [3.63, 3.8) is 0 Å². The monoisotopic (exact) mass is 256 g/mol. The molecule has 0 aromatic heterocycles. The topological polar surface area (TPSA) is 20.2 Å². The first-order valence-corrected chi connectivity index (χ1v) is 7.42. The van der Waals surface area contributed by atoms with Crippen LogP contribution in [0.3, 0.4) is 0 Å². The Labute approximate surface area is 116 Å². The predicted octanol–water partition coefficient (Wildman–Crippen LogP) is 4.19. The standard InChI is InChI=1S/C18H24O/c1-13(6-11-19)14-4-5-15-16(12-14)18(3)9-7-17(15,2)8-10-18/h4-6,12,19H,7-11H2,1-3H3/b13-6-. The Hall–Kier alpha value is -1.08. The highest BCUT2D eigenvalue weighted by atomic mass is 16.2. The number of aliphatic hydroxyl groups excluding tert-OH is 1. The summed E-state index contributed by atoms with van der Waals surface area (Å²) in [6, 6.07) is 6.96. The van der Waals surface area contributed by atoms with Gasteiger partial charge in [0.2, 0.25) is 0 Å². The van der Waals surface area contributed by atoms with Crippen LogP contribution in [0.25, 0.3) is 5.57 Å². The third-order valence-electron chi connectivity index (χ3n) is 5.63. The van der Waals surface area contributed by atoms with Crippen molar-refractivity contribution >= 4 is 5.57 Å². The summed E-state index contributed by atoms with van der Waals surface area (Å²) < 4.78 is 0. The highest BCUT2D eigenvalue weighted by Gasteiger charge is 2.47. The molecule has 0 atom stereocenters. The fraction of sp³-hybridized carbons (Fsp3) is 0.556. The van der Waals surface area contributed by atoms with Gasteiger partial charge < -0.3 is 5.11 Å². The van der Waals surface area contributed by atoms with Crippen molar-refractivity contribution in [2.45, 2.75) is 57.3 Å². The summed E-state index contributed by atoms with van der Waals surface area (Å²) >= 11 is 0. The normalized spacial score (nSPS) is 33.4. The molecule has 2 bridgehead atoms. The number of rotatable bonds is 2. The average molecular weight is 256 g/mol. The SMILES string of the molecule is C/C(=C/CO)c1ccc2c(c1)C1(C)CCC2(C)CC1. The van der Waals surface area contributed by atoms with Gasteiger partial charge in [-0.3, -0.25) is 0 Å². The van der Waals surface area contributed by atoms with Crippen LogP contribution in [0.5, 0.6) is 0 Å². The zero-order valence-corrected chi connectivity index (χ0v) is 12.3. The molecule has 3 aliphatic rings. The number of allylic oxidation sites excluding steroid dienone is 1. The molecule has 0 saturated heterocycles. The van der Waals surface area contributed by atoms with Crippen LogP contribution in [0.2, 0.25) is 0 Å². The maximum absolute atomic E-state index is 9.06. The van der Waals surface area contributed by atoms with Crippen LogP contribution in [0, 0.1) is 0 Å². The van der Waals surface area contributed by atoms with E-state index in [1.165, 1.54) is 36.8 Å². The van der Waals surface area contributed by atoms with Crippen molar-refractivity contribution in [3.8, 4) is 0 Å². The van der Waals surface area contributed by atoms with Gasteiger partial charge in [0.15, 0.2) is 0 Å². The molecular formula is C18H24O. The molecule has 102 valence electrons. The van der Waals surface area contributed by atoms with Gasteiger partial charge in [0.25, 0.3) is 0 Å². The molecule has 1 aromatic rings. The summed E-state index contributed by atoms with van der Waals surface area (Å²) in [6.07, 6.45) is 7.21. The zero-order valence-electron chi connectivity index (χ0n) is 12.3. The van der Waals surface area contributed by atoms with E-state index in [0.29, 0.717) is 10.8 Å². The van der Waals surface area contributed by atoms with Crippen molar-refractivity contribution in [1.29, 1.82) is 0 Å². The summed E-state index contributed by atoms with van der Waals surface area (Å²) in [5, 5.41) is 9.06. The van der Waals surface area contributed by atoms with Crippen LogP contribution < -0.4 is 0 Å². The second-order valence-corrected chi connectivity index (χ2v) is 6.95. The van der Waals surface area contributed by atoms with Crippen LogP contribution in [0.15, 0.2) is 24.3 Å². The molecule has 19 heavy (non-hydrogen) atoms. The van der Waals surface area contributed by atoms with E-state index in [1.807, 2.05) is 6.08 Å². The van der Waals surface area contributed by atoms with Crippen LogP contribution >= 0.6 is 0 Å². The van der Waals surface area contributed by atoms with E-state index in [0.717, 1.165) is 0 Å². The van der Waals surface area contributed by atoms with Gasteiger partial charge in [-0.1, -0.05) is 38.1 Å². The van der Waals surface area contributed by atoms with Crippen molar-refractivity contribution < 1.29 is 5.11 Å². The van der Waals surface area contributed by atoms with Gasteiger partial charge in [0, 0.05) is 0 Å². The van der Waals surface area contributed by atoms with Crippen LogP contribution in [0.4, 0.5) is 0 Å². The molecule has 0 spiro atoms. The van der Waals surface area contributed by atoms with Crippen molar-refractivity contribution in [3.05, 3.63) is 41.0 Å². The molecule has 1 heteroatoms. The van der Waals surface area contributed by atoms with Gasteiger partial charge >= 0.3 is 0 Å². The molecule has 0 radical (unpaired) electrons. The van der Waals surface area contributed by atoms with Gasteiger partial charge in [0.05, 0.1) is 6.61 Å². The molecule has 0 amide bonds. The number of fused-ring (bicyclic) bond motifs is 2. The van der Waals surface area contributed by atoms with E-state index >= 15 is 0 Å². The molecule has 0 aliphatic heterocycles. The minimum Gasteiger partial charge on any atom is -0.392 e. The first-order chi connectivity index (χ1) is 8.98. The lowest BCUT2D eigenvalue weighted by atomic mass is 9.52. The van der Waals surface area contributed by atoms with E-state index in [2.05, 4.69) is 39.0 Å². The molecule has 1 fully saturated rings. The van der Waals surface area contributed by atoms with Gasteiger partial charge in [-0.2, -0.15) is 0 Å². The molecule has 0 unspecified atom stereocenters.